The zero-order valence-electron chi connectivity index (χ0n) is 15.2. The Kier molecular flexibility index (Phi) is 5.62. The van der Waals surface area contributed by atoms with Crippen LogP contribution in [0.1, 0.15) is 28.2 Å². The first-order chi connectivity index (χ1) is 14.1. The van der Waals surface area contributed by atoms with Crippen molar-refractivity contribution in [3.05, 3.63) is 100 Å². The van der Waals surface area contributed by atoms with Gasteiger partial charge in [-0.15, -0.1) is 0 Å². The predicted octanol–water partition coefficient (Wildman–Crippen LogP) is 4.96. The average Bonchev–Trinajstić information content (AvgIpc) is 2.72. The number of hydrogen-bond donors (Lipinski definition) is 0. The Morgan fingerprint density at radius 3 is 2.45 bits per heavy atom. The van der Waals surface area contributed by atoms with Crippen LogP contribution in [-0.2, 0) is 21.6 Å². The van der Waals surface area contributed by atoms with Gasteiger partial charge in [-0.25, -0.2) is 0 Å². The third-order valence-electron chi connectivity index (χ3n) is 4.79. The van der Waals surface area contributed by atoms with Crippen LogP contribution in [0, 0.1) is 0 Å². The van der Waals surface area contributed by atoms with E-state index in [0.29, 0.717) is 22.1 Å². The fourth-order valence-electron chi connectivity index (χ4n) is 3.50. The molecule has 2 unspecified atom stereocenters. The zero-order valence-corrected chi connectivity index (χ0v) is 16.8. The second-order valence-corrected chi connectivity index (χ2v) is 7.98. The summed E-state index contributed by atoms with van der Waals surface area (Å²) in [7, 11) is 0. The van der Waals surface area contributed by atoms with Crippen LogP contribution in [0.2, 0.25) is 5.02 Å². The van der Waals surface area contributed by atoms with Gasteiger partial charge in [0.05, 0.1) is 5.92 Å². The molecular weight excluding hydrogens is 408 g/mol. The molecule has 4 nitrogen and oxygen atoms in total. The van der Waals surface area contributed by atoms with Gasteiger partial charge in [-0.05, 0) is 29.3 Å². The minimum absolute atomic E-state index is 0.0544. The van der Waals surface area contributed by atoms with E-state index >= 15 is 0 Å². The molecule has 1 aliphatic rings. The number of rotatable bonds is 5. The van der Waals surface area contributed by atoms with E-state index in [4.69, 9.17) is 16.3 Å². The smallest absolute Gasteiger partial charge is 0.139 e. The van der Waals surface area contributed by atoms with Crippen molar-refractivity contribution in [3.63, 3.8) is 0 Å². The second-order valence-electron chi connectivity index (χ2n) is 6.65. The van der Waals surface area contributed by atoms with E-state index in [-0.39, 0.29) is 5.75 Å². The van der Waals surface area contributed by atoms with E-state index in [1.165, 1.54) is 0 Å². The Balaban J connectivity index is 1.90. The quantitative estimate of drug-likeness (QED) is 0.429. The fraction of sp³-hybridized carbons (Fsp3) is 0.0870. The molecule has 0 saturated heterocycles. The van der Waals surface area contributed by atoms with Crippen molar-refractivity contribution < 1.29 is 18.3 Å². The first kappa shape index (κ1) is 19.6. The van der Waals surface area contributed by atoms with Gasteiger partial charge in [0.15, 0.2) is 0 Å². The van der Waals surface area contributed by atoms with Crippen LogP contribution in [0.4, 0.5) is 0 Å². The van der Waals surface area contributed by atoms with Gasteiger partial charge < -0.3 is 14.1 Å². The number of allylic oxidation sites excluding steroid dienone is 1. The van der Waals surface area contributed by atoms with E-state index in [1.54, 1.807) is 36.4 Å². The molecule has 0 spiro atoms. The molecule has 0 aromatic heterocycles. The maximum absolute atomic E-state index is 12.2. The molecule has 0 aliphatic carbocycles. The first-order valence-electron chi connectivity index (χ1n) is 8.94. The van der Waals surface area contributed by atoms with Crippen LogP contribution < -0.4 is 4.74 Å². The lowest BCUT2D eigenvalue weighted by molar-refractivity contribution is -0.108. The summed E-state index contributed by atoms with van der Waals surface area (Å²) in [4.78, 5) is 12.2. The molecule has 1 heterocycles. The van der Waals surface area contributed by atoms with Crippen molar-refractivity contribution in [1.82, 2.24) is 0 Å². The van der Waals surface area contributed by atoms with Crippen molar-refractivity contribution in [2.45, 2.75) is 11.7 Å². The van der Waals surface area contributed by atoms with E-state index in [1.807, 2.05) is 36.4 Å². The Hall–Kier alpha value is -2.73. The number of halogens is 1. The number of aldehydes is 1. The van der Waals surface area contributed by atoms with Gasteiger partial charge in [-0.3, -0.25) is 4.21 Å². The molecule has 3 aromatic rings. The van der Waals surface area contributed by atoms with Gasteiger partial charge in [-0.2, -0.15) is 0 Å². The van der Waals surface area contributed by atoms with E-state index in [9.17, 15) is 13.6 Å². The molecule has 0 saturated carbocycles. The van der Waals surface area contributed by atoms with E-state index in [0.717, 1.165) is 28.5 Å². The van der Waals surface area contributed by atoms with Gasteiger partial charge in [0.2, 0.25) is 0 Å². The lowest BCUT2D eigenvalue weighted by atomic mass is 9.83. The maximum atomic E-state index is 12.2. The highest BCUT2D eigenvalue weighted by atomic mass is 35.5. The third kappa shape index (κ3) is 4.03. The van der Waals surface area contributed by atoms with Crippen LogP contribution in [-0.4, -0.2) is 15.0 Å². The van der Waals surface area contributed by atoms with Crippen LogP contribution >= 0.6 is 11.6 Å². The minimum atomic E-state index is -2.16. The van der Waals surface area contributed by atoms with Crippen molar-refractivity contribution in [1.29, 1.82) is 0 Å². The highest BCUT2D eigenvalue weighted by Gasteiger charge is 2.31. The Labute approximate surface area is 176 Å². The Morgan fingerprint density at radius 2 is 1.76 bits per heavy atom. The molecule has 0 N–H and O–H groups in total. The molecule has 6 heteroatoms. The zero-order chi connectivity index (χ0) is 20.4. The third-order valence-corrected chi connectivity index (χ3v) is 5.60. The number of benzene rings is 3. The normalized spacial score (nSPS) is 16.7. The number of fused-ring (bicyclic) bond motifs is 1. The molecule has 1 aliphatic heterocycles. The lowest BCUT2D eigenvalue weighted by Gasteiger charge is -2.28. The summed E-state index contributed by atoms with van der Waals surface area (Å²) in [6.45, 7) is 0. The first-order valence-corrected chi connectivity index (χ1v) is 10.6. The summed E-state index contributed by atoms with van der Waals surface area (Å²) in [6, 6.07) is 21.8. The molecule has 3 aromatic carbocycles. The summed E-state index contributed by atoms with van der Waals surface area (Å²) in [5.74, 6) is 0.608. The highest BCUT2D eigenvalue weighted by molar-refractivity contribution is 7.78. The van der Waals surface area contributed by atoms with Gasteiger partial charge in [0.25, 0.3) is 0 Å². The standard InChI is InChI=1S/C23H17ClO4S/c24-18-5-3-4-17(12-18)22-20(13-25)19-6-1-2-7-21(19)28-23(22)16-10-8-15(9-11-16)14-29(26)27/h1-13,20H,14H2,(H,26,27)/p-1. The summed E-state index contributed by atoms with van der Waals surface area (Å²) < 4.78 is 28.2. The van der Waals surface area contributed by atoms with Crippen LogP contribution in [0.5, 0.6) is 5.75 Å². The largest absolute Gasteiger partial charge is 0.772 e. The molecule has 4 rings (SSSR count). The molecule has 0 amide bonds. The summed E-state index contributed by atoms with van der Waals surface area (Å²) >= 11 is 4.05. The number of para-hydroxylation sites is 1. The Bertz CT molecular complexity index is 1120. The van der Waals surface area contributed by atoms with Crippen molar-refractivity contribution in [2.75, 3.05) is 0 Å². The molecule has 0 radical (unpaired) electrons. The van der Waals surface area contributed by atoms with E-state index in [2.05, 4.69) is 0 Å². The lowest BCUT2D eigenvalue weighted by Crippen LogP contribution is -2.15. The Morgan fingerprint density at radius 1 is 1.00 bits per heavy atom. The van der Waals surface area contributed by atoms with Crippen LogP contribution in [0.3, 0.4) is 0 Å². The number of carbonyl (C=O) groups is 1. The van der Waals surface area contributed by atoms with Crippen LogP contribution in [0.25, 0.3) is 11.3 Å². The maximum Gasteiger partial charge on any atom is 0.139 e. The summed E-state index contributed by atoms with van der Waals surface area (Å²) in [6.07, 6.45) is 0.909. The highest BCUT2D eigenvalue weighted by Crippen LogP contribution is 2.46. The molecule has 0 fully saturated rings. The van der Waals surface area contributed by atoms with Gasteiger partial charge in [0, 0.05) is 27.5 Å². The predicted molar refractivity (Wildman–Crippen MR) is 113 cm³/mol. The molecular formula is C23H16ClO4S-. The number of ether oxygens (including phenoxy) is 1. The number of hydrogen-bond acceptors (Lipinski definition) is 4. The van der Waals surface area contributed by atoms with Gasteiger partial charge in [0.1, 0.15) is 17.8 Å². The summed E-state index contributed by atoms with van der Waals surface area (Å²) in [5.41, 5.74) is 3.74. The molecule has 0 bridgehead atoms. The average molecular weight is 424 g/mol. The van der Waals surface area contributed by atoms with Gasteiger partial charge >= 0.3 is 0 Å². The van der Waals surface area contributed by atoms with Crippen molar-refractivity contribution >= 4 is 40.3 Å². The monoisotopic (exact) mass is 423 g/mol. The van der Waals surface area contributed by atoms with Gasteiger partial charge in [-0.1, -0.05) is 77.3 Å². The second kappa shape index (κ2) is 8.33. The van der Waals surface area contributed by atoms with Crippen LogP contribution in [0.15, 0.2) is 72.8 Å². The SMILES string of the molecule is O=CC1C(c2cccc(Cl)c2)=C(c2ccc(CS(=O)[O-])cc2)Oc2ccccc21. The summed E-state index contributed by atoms with van der Waals surface area (Å²) in [5, 5.41) is 0.561. The topological polar surface area (TPSA) is 66.4 Å². The molecule has 146 valence electrons. The minimum Gasteiger partial charge on any atom is -0.772 e. The van der Waals surface area contributed by atoms with Crippen molar-refractivity contribution in [2.24, 2.45) is 0 Å². The number of carbonyl (C=O) groups excluding carboxylic acids is 1. The fourth-order valence-corrected chi connectivity index (χ4v) is 4.16. The molecule has 29 heavy (non-hydrogen) atoms. The van der Waals surface area contributed by atoms with E-state index < -0.39 is 17.0 Å². The van der Waals surface area contributed by atoms with Crippen molar-refractivity contribution in [3.8, 4) is 5.75 Å². The molecule has 2 atom stereocenters.